The van der Waals surface area contributed by atoms with Crippen molar-refractivity contribution in [3.63, 3.8) is 0 Å². The highest BCUT2D eigenvalue weighted by atomic mass is 16.7. The van der Waals surface area contributed by atoms with Crippen LogP contribution < -0.4 is 4.74 Å². The van der Waals surface area contributed by atoms with Gasteiger partial charge in [0.25, 0.3) is 0 Å². The van der Waals surface area contributed by atoms with Gasteiger partial charge >= 0.3 is 6.09 Å². The van der Waals surface area contributed by atoms with E-state index in [9.17, 15) is 9.59 Å². The van der Waals surface area contributed by atoms with Crippen molar-refractivity contribution >= 4 is 12.0 Å². The van der Waals surface area contributed by atoms with Gasteiger partial charge in [0.2, 0.25) is 5.91 Å². The molecule has 2 amide bonds. The summed E-state index contributed by atoms with van der Waals surface area (Å²) in [5.41, 5.74) is 2.94. The van der Waals surface area contributed by atoms with Crippen molar-refractivity contribution in [2.45, 2.75) is 32.5 Å². The Morgan fingerprint density at radius 3 is 2.33 bits per heavy atom. The second-order valence-corrected chi connectivity index (χ2v) is 9.38. The van der Waals surface area contributed by atoms with Crippen LogP contribution in [0.15, 0.2) is 79.1 Å². The van der Waals surface area contributed by atoms with Crippen molar-refractivity contribution < 1.29 is 23.9 Å². The molecule has 0 N–H and O–H groups in total. The summed E-state index contributed by atoms with van der Waals surface area (Å²) < 4.78 is 10.7. The molecule has 39 heavy (non-hydrogen) atoms. The summed E-state index contributed by atoms with van der Waals surface area (Å²) in [5.74, 6) is 0.835. The summed E-state index contributed by atoms with van der Waals surface area (Å²) in [6.07, 6.45) is 3.94. The largest absolute Gasteiger partial charge is 0.497 e. The van der Waals surface area contributed by atoms with Crippen LogP contribution in [0.4, 0.5) is 4.79 Å². The van der Waals surface area contributed by atoms with E-state index in [-0.39, 0.29) is 25.7 Å². The molecule has 0 unspecified atom stereocenters. The Balaban J connectivity index is 1.22. The molecule has 0 atom stereocenters. The Kier molecular flexibility index (Phi) is 10.7. The first-order valence-electron chi connectivity index (χ1n) is 13.2. The summed E-state index contributed by atoms with van der Waals surface area (Å²) >= 11 is 0. The van der Waals surface area contributed by atoms with Crippen molar-refractivity contribution in [3.05, 3.63) is 95.8 Å². The molecule has 1 aliphatic heterocycles. The highest BCUT2D eigenvalue weighted by Crippen LogP contribution is 2.15. The predicted octanol–water partition coefficient (Wildman–Crippen LogP) is 4.29. The number of hydrogen-bond acceptors (Lipinski definition) is 7. The molecule has 206 valence electrons. The van der Waals surface area contributed by atoms with Gasteiger partial charge in [-0.1, -0.05) is 48.5 Å². The lowest BCUT2D eigenvalue weighted by Crippen LogP contribution is -2.48. The highest BCUT2D eigenvalue weighted by Gasteiger charge is 2.22. The number of hydroxylamine groups is 2. The van der Waals surface area contributed by atoms with E-state index < -0.39 is 6.09 Å². The lowest BCUT2D eigenvalue weighted by molar-refractivity contribution is -0.148. The minimum Gasteiger partial charge on any atom is -0.497 e. The molecule has 9 nitrogen and oxygen atoms in total. The van der Waals surface area contributed by atoms with Gasteiger partial charge in [-0.15, -0.1) is 0 Å². The van der Waals surface area contributed by atoms with Gasteiger partial charge in [-0.05, 0) is 41.3 Å². The molecule has 4 rings (SSSR count). The number of benzene rings is 2. The van der Waals surface area contributed by atoms with Crippen LogP contribution in [0.5, 0.6) is 5.75 Å². The minimum atomic E-state index is -0.578. The average molecular weight is 533 g/mol. The van der Waals surface area contributed by atoms with E-state index in [1.54, 1.807) is 13.3 Å². The third-order valence-corrected chi connectivity index (χ3v) is 6.53. The molecule has 1 saturated heterocycles. The van der Waals surface area contributed by atoms with E-state index in [1.165, 1.54) is 10.6 Å². The van der Waals surface area contributed by atoms with Crippen LogP contribution in [0.3, 0.4) is 0 Å². The van der Waals surface area contributed by atoms with Gasteiger partial charge in [0.05, 0.1) is 20.3 Å². The zero-order valence-corrected chi connectivity index (χ0v) is 22.4. The number of ether oxygens (including phenoxy) is 2. The maximum Gasteiger partial charge on any atom is 0.434 e. The van der Waals surface area contributed by atoms with Crippen LogP contribution in [0, 0.1) is 0 Å². The molecule has 0 saturated carbocycles. The normalized spacial score (nSPS) is 13.6. The SMILES string of the molecule is COc1ccc(CN(OCCCC(=O)N2CCN(Cc3cccnc3)CC2)C(=O)OCc2ccccc2)cc1. The van der Waals surface area contributed by atoms with E-state index in [0.717, 1.165) is 36.5 Å². The number of piperazine rings is 1. The number of carbonyl (C=O) groups is 2. The molecular weight excluding hydrogens is 496 g/mol. The quantitative estimate of drug-likeness (QED) is 0.254. The number of nitrogens with zero attached hydrogens (tertiary/aromatic N) is 4. The number of carbonyl (C=O) groups excluding carboxylic acids is 2. The summed E-state index contributed by atoms with van der Waals surface area (Å²) in [6, 6.07) is 20.9. The van der Waals surface area contributed by atoms with Crippen molar-refractivity contribution in [1.29, 1.82) is 0 Å². The molecule has 1 aromatic heterocycles. The maximum absolute atomic E-state index is 12.9. The molecule has 1 aliphatic rings. The van der Waals surface area contributed by atoms with Crippen LogP contribution in [0.2, 0.25) is 0 Å². The summed E-state index contributed by atoms with van der Waals surface area (Å²) in [6.45, 7) is 4.50. The van der Waals surface area contributed by atoms with Crippen LogP contribution in [-0.4, -0.2) is 71.7 Å². The minimum absolute atomic E-state index is 0.105. The van der Waals surface area contributed by atoms with E-state index in [1.807, 2.05) is 71.8 Å². The molecule has 2 aromatic carbocycles. The molecule has 2 heterocycles. The topological polar surface area (TPSA) is 84.4 Å². The zero-order chi connectivity index (χ0) is 27.3. The summed E-state index contributed by atoms with van der Waals surface area (Å²) in [5, 5.41) is 1.21. The second kappa shape index (κ2) is 14.8. The number of aromatic nitrogens is 1. The Bertz CT molecular complexity index is 1150. The Hall–Kier alpha value is -3.95. The van der Waals surface area contributed by atoms with Crippen LogP contribution in [-0.2, 0) is 34.1 Å². The van der Waals surface area contributed by atoms with Gasteiger partial charge in [-0.3, -0.25) is 19.5 Å². The smallest absolute Gasteiger partial charge is 0.434 e. The van der Waals surface area contributed by atoms with Gasteiger partial charge in [0.1, 0.15) is 12.4 Å². The third-order valence-electron chi connectivity index (χ3n) is 6.53. The molecule has 3 aromatic rings. The van der Waals surface area contributed by atoms with Crippen molar-refractivity contribution in [1.82, 2.24) is 19.8 Å². The maximum atomic E-state index is 12.9. The zero-order valence-electron chi connectivity index (χ0n) is 22.4. The molecule has 9 heteroatoms. The number of amides is 2. The fourth-order valence-electron chi connectivity index (χ4n) is 4.31. The summed E-state index contributed by atoms with van der Waals surface area (Å²) in [4.78, 5) is 39.9. The number of pyridine rings is 1. The first-order chi connectivity index (χ1) is 19.1. The van der Waals surface area contributed by atoms with E-state index in [4.69, 9.17) is 14.3 Å². The van der Waals surface area contributed by atoms with Crippen LogP contribution in [0.25, 0.3) is 0 Å². The number of rotatable bonds is 12. The van der Waals surface area contributed by atoms with Gasteiger partial charge < -0.3 is 14.4 Å². The van der Waals surface area contributed by atoms with Gasteiger partial charge in [0.15, 0.2) is 0 Å². The fraction of sp³-hybridized carbons (Fsp3) is 0.367. The molecule has 0 radical (unpaired) electrons. The predicted molar refractivity (Wildman–Crippen MR) is 146 cm³/mol. The van der Waals surface area contributed by atoms with E-state index >= 15 is 0 Å². The van der Waals surface area contributed by atoms with Gasteiger partial charge in [-0.25, -0.2) is 4.79 Å². The second-order valence-electron chi connectivity index (χ2n) is 9.38. The van der Waals surface area contributed by atoms with Crippen molar-refractivity contribution in [3.8, 4) is 5.75 Å². The summed E-state index contributed by atoms with van der Waals surface area (Å²) in [7, 11) is 1.61. The van der Waals surface area contributed by atoms with E-state index in [0.29, 0.717) is 25.9 Å². The molecule has 0 bridgehead atoms. The Labute approximate surface area is 229 Å². The van der Waals surface area contributed by atoms with Crippen LogP contribution in [0.1, 0.15) is 29.5 Å². The first-order valence-corrected chi connectivity index (χ1v) is 13.2. The fourth-order valence-corrected chi connectivity index (χ4v) is 4.31. The van der Waals surface area contributed by atoms with Gasteiger partial charge in [0, 0.05) is 51.5 Å². The Morgan fingerprint density at radius 1 is 0.897 bits per heavy atom. The first kappa shape index (κ1) is 28.1. The Morgan fingerprint density at radius 2 is 1.64 bits per heavy atom. The number of methoxy groups -OCH3 is 1. The van der Waals surface area contributed by atoms with Crippen molar-refractivity contribution in [2.75, 3.05) is 39.9 Å². The van der Waals surface area contributed by atoms with Gasteiger partial charge in [-0.2, -0.15) is 5.06 Å². The molecule has 0 aliphatic carbocycles. The standard InChI is InChI=1S/C30H36N4O5/c1-37-28-13-11-25(12-14-28)23-34(30(36)38-24-26-7-3-2-4-8-26)39-20-6-10-29(35)33-18-16-32(17-19-33)22-27-9-5-15-31-21-27/h2-5,7-9,11-15,21H,6,10,16-20,22-24H2,1H3. The van der Waals surface area contributed by atoms with Crippen LogP contribution >= 0.6 is 0 Å². The lowest BCUT2D eigenvalue weighted by atomic mass is 10.2. The molecular formula is C30H36N4O5. The third kappa shape index (κ3) is 9.08. The van der Waals surface area contributed by atoms with Crippen molar-refractivity contribution in [2.24, 2.45) is 0 Å². The highest BCUT2D eigenvalue weighted by molar-refractivity contribution is 5.76. The molecule has 0 spiro atoms. The lowest BCUT2D eigenvalue weighted by Gasteiger charge is -2.34. The number of hydrogen-bond donors (Lipinski definition) is 0. The average Bonchev–Trinajstić information content (AvgIpc) is 2.99. The van der Waals surface area contributed by atoms with E-state index in [2.05, 4.69) is 16.0 Å². The molecule has 1 fully saturated rings. The monoisotopic (exact) mass is 532 g/mol.